The number of nitrogens with zero attached hydrogens (tertiary/aromatic N) is 1. The van der Waals surface area contributed by atoms with Gasteiger partial charge < -0.3 is 38.4 Å². The van der Waals surface area contributed by atoms with Gasteiger partial charge in [0.15, 0.2) is 11.5 Å². The van der Waals surface area contributed by atoms with E-state index in [1.807, 2.05) is 6.92 Å². The molecule has 8 atom stereocenters. The molecule has 1 amide bonds. The highest BCUT2D eigenvalue weighted by atomic mass is 35.5. The van der Waals surface area contributed by atoms with Crippen molar-refractivity contribution in [1.82, 2.24) is 5.32 Å². The number of halogens is 1. The van der Waals surface area contributed by atoms with Crippen molar-refractivity contribution in [3.63, 3.8) is 0 Å². The number of allylic oxidation sites excluding steroid dienone is 2. The lowest BCUT2D eigenvalue weighted by molar-refractivity contribution is -0.157. The second-order valence-corrected chi connectivity index (χ2v) is 13.8. The number of ether oxygens (including phenoxy) is 6. The first-order valence-electron chi connectivity index (χ1n) is 16.2. The fourth-order valence-corrected chi connectivity index (χ4v) is 6.74. The summed E-state index contributed by atoms with van der Waals surface area (Å²) in [5.41, 5.74) is -1.40. The third-order valence-electron chi connectivity index (χ3n) is 9.28. The normalized spacial score (nSPS) is 34.0. The van der Waals surface area contributed by atoms with Crippen molar-refractivity contribution in [3.05, 3.63) is 46.5 Å². The van der Waals surface area contributed by atoms with Gasteiger partial charge in [-0.1, -0.05) is 50.6 Å². The molecule has 0 saturated carbocycles. The van der Waals surface area contributed by atoms with Crippen LogP contribution in [-0.2, 0) is 38.1 Å². The number of Topliss-reactive ketones (excluding diaryl/α,β-unsaturated/α-hetero) is 1. The minimum Gasteiger partial charge on any atom is -0.495 e. The van der Waals surface area contributed by atoms with Gasteiger partial charge in [0, 0.05) is 45.4 Å². The number of likely N-dealkylation sites (N-methyl/N-ethyl adjacent to an activating group) is 1. The Morgan fingerprint density at radius 1 is 1.18 bits per heavy atom. The van der Waals surface area contributed by atoms with Gasteiger partial charge in [-0.15, -0.1) is 0 Å². The van der Waals surface area contributed by atoms with Crippen molar-refractivity contribution in [3.8, 4) is 5.75 Å². The number of amides is 1. The Kier molecular flexibility index (Phi) is 11.7. The van der Waals surface area contributed by atoms with Crippen LogP contribution < -0.4 is 15.0 Å². The fraction of sp³-hybridized carbons (Fsp3) is 0.600. The molecule has 3 heterocycles. The monoisotopic (exact) mass is 706 g/mol. The SMILES string of the molecule is COc1cc2cc(c1Cl)N(C)CC(=O)C[C@@H](OC(=O)C(C)C)[C@]1(C)O[C@H]1[C@H](C)[C@@H]1C[C@@](O)(NC(=O)O1)[C@H](OC)/C=C/C=C(\C)[C@H]2OC(C)=O. The summed E-state index contributed by atoms with van der Waals surface area (Å²) in [6, 6.07) is 3.36. The summed E-state index contributed by atoms with van der Waals surface area (Å²) >= 11 is 6.74. The molecule has 0 aromatic heterocycles. The van der Waals surface area contributed by atoms with E-state index < -0.39 is 71.7 Å². The number of carbonyl (C=O) groups excluding carboxylic acids is 4. The molecule has 13 nitrogen and oxygen atoms in total. The Labute approximate surface area is 291 Å². The molecule has 270 valence electrons. The number of alkyl carbamates (subject to hydrolysis) is 1. The van der Waals surface area contributed by atoms with Gasteiger partial charge in [0.05, 0.1) is 31.4 Å². The van der Waals surface area contributed by atoms with Gasteiger partial charge in [0.25, 0.3) is 0 Å². The number of methoxy groups -OCH3 is 2. The van der Waals surface area contributed by atoms with Crippen LogP contribution in [0.4, 0.5) is 10.5 Å². The number of esters is 2. The molecule has 4 rings (SSSR count). The lowest BCUT2D eigenvalue weighted by atomic mass is 9.83. The maximum Gasteiger partial charge on any atom is 0.409 e. The maximum absolute atomic E-state index is 13.7. The topological polar surface area (TPSA) is 162 Å². The molecule has 2 fully saturated rings. The molecule has 3 aliphatic rings. The molecule has 1 aromatic carbocycles. The van der Waals surface area contributed by atoms with Crippen LogP contribution >= 0.6 is 11.6 Å². The molecule has 14 heteroatoms. The molecular weight excluding hydrogens is 660 g/mol. The molecule has 0 aliphatic carbocycles. The largest absolute Gasteiger partial charge is 0.495 e. The minimum absolute atomic E-state index is 0.0645. The van der Waals surface area contributed by atoms with Gasteiger partial charge >= 0.3 is 18.0 Å². The number of hydrogen-bond donors (Lipinski definition) is 2. The molecule has 3 aliphatic heterocycles. The quantitative estimate of drug-likeness (QED) is 0.252. The van der Waals surface area contributed by atoms with Crippen molar-refractivity contribution in [2.75, 3.05) is 32.7 Å². The van der Waals surface area contributed by atoms with Gasteiger partial charge in [-0.2, -0.15) is 0 Å². The summed E-state index contributed by atoms with van der Waals surface area (Å²) in [7, 11) is 4.54. The van der Waals surface area contributed by atoms with Crippen molar-refractivity contribution in [2.45, 2.75) is 96.2 Å². The third kappa shape index (κ3) is 8.39. The Balaban J connectivity index is 1.84. The van der Waals surface area contributed by atoms with E-state index in [-0.39, 0.29) is 30.2 Å². The van der Waals surface area contributed by atoms with E-state index >= 15 is 0 Å². The molecule has 1 aromatic rings. The maximum atomic E-state index is 13.7. The third-order valence-corrected chi connectivity index (χ3v) is 9.66. The second kappa shape index (κ2) is 15.1. The van der Waals surface area contributed by atoms with E-state index in [0.29, 0.717) is 22.6 Å². The Bertz CT molecular complexity index is 1510. The van der Waals surface area contributed by atoms with E-state index in [0.717, 1.165) is 0 Å². The molecule has 0 unspecified atom stereocenters. The van der Waals surface area contributed by atoms with Crippen LogP contribution in [0.3, 0.4) is 0 Å². The smallest absolute Gasteiger partial charge is 0.409 e. The van der Waals surface area contributed by atoms with Gasteiger partial charge in [-0.05, 0) is 31.6 Å². The summed E-state index contributed by atoms with van der Waals surface area (Å²) in [4.78, 5) is 53.2. The number of rotatable bonds is 5. The molecule has 49 heavy (non-hydrogen) atoms. The van der Waals surface area contributed by atoms with E-state index in [2.05, 4.69) is 5.32 Å². The standard InChI is InChI=1S/C35H47ClN2O11/c1-18(2)32(41)48-28-15-23(40)17-38(7)24-13-22(14-25(44-8)29(24)36)30(46-21(5)39)19(3)11-10-12-27(45-9)35(43)16-26(47-33(42)37-35)20(4)31-34(28,6)49-31/h10-14,18,20,26-28,30-31,43H,15-17H2,1-9H3,(H,37,42)/b12-10+,19-11+/t20-,26+,27-,28-,30-,31+,34+,35+/m1/s1. The summed E-state index contributed by atoms with van der Waals surface area (Å²) in [6.07, 6.45) is -0.464. The zero-order valence-electron chi connectivity index (χ0n) is 29.4. The lowest BCUT2D eigenvalue weighted by Gasteiger charge is -2.42. The van der Waals surface area contributed by atoms with E-state index in [9.17, 15) is 24.3 Å². The number of anilines is 1. The molecule has 2 saturated heterocycles. The van der Waals surface area contributed by atoms with Gasteiger partial charge in [-0.25, -0.2) is 4.79 Å². The molecule has 0 radical (unpaired) electrons. The van der Waals surface area contributed by atoms with Crippen molar-refractivity contribution in [2.24, 2.45) is 11.8 Å². The molecule has 0 spiro atoms. The molecule has 2 N–H and O–H groups in total. The summed E-state index contributed by atoms with van der Waals surface area (Å²) in [5.74, 6) is -1.96. The number of carbonyl (C=O) groups is 4. The summed E-state index contributed by atoms with van der Waals surface area (Å²) in [5, 5.41) is 14.4. The Morgan fingerprint density at radius 3 is 2.49 bits per heavy atom. The number of epoxide rings is 1. The second-order valence-electron chi connectivity index (χ2n) is 13.5. The first-order chi connectivity index (χ1) is 22.9. The molecule has 4 bridgehead atoms. The van der Waals surface area contributed by atoms with Crippen LogP contribution in [0.2, 0.25) is 5.02 Å². The van der Waals surface area contributed by atoms with Crippen LogP contribution in [0.1, 0.15) is 66.1 Å². The zero-order valence-corrected chi connectivity index (χ0v) is 30.2. The average molecular weight is 707 g/mol. The van der Waals surface area contributed by atoms with E-state index in [1.54, 1.807) is 70.0 Å². The van der Waals surface area contributed by atoms with E-state index in [1.165, 1.54) is 21.1 Å². The number of benzene rings is 1. The van der Waals surface area contributed by atoms with Crippen molar-refractivity contribution >= 4 is 41.1 Å². The predicted octanol–water partition coefficient (Wildman–Crippen LogP) is 4.43. The van der Waals surface area contributed by atoms with Gasteiger partial charge in [-0.3, -0.25) is 19.7 Å². The molecular formula is C35H47ClN2O11. The zero-order chi connectivity index (χ0) is 36.4. The number of nitrogens with one attached hydrogen (secondary N) is 1. The van der Waals surface area contributed by atoms with Crippen molar-refractivity contribution in [1.29, 1.82) is 0 Å². The predicted molar refractivity (Wildman–Crippen MR) is 179 cm³/mol. The number of ketones is 1. The Hall–Kier alpha value is -3.65. The first-order valence-corrected chi connectivity index (χ1v) is 16.6. The van der Waals surface area contributed by atoms with Crippen LogP contribution in [-0.4, -0.2) is 92.5 Å². The van der Waals surface area contributed by atoms with Gasteiger partial charge in [0.1, 0.15) is 40.8 Å². The lowest BCUT2D eigenvalue weighted by Crippen LogP contribution is -2.63. The van der Waals surface area contributed by atoms with Crippen LogP contribution in [0.15, 0.2) is 35.9 Å². The van der Waals surface area contributed by atoms with Crippen LogP contribution in [0.5, 0.6) is 5.75 Å². The minimum atomic E-state index is -1.87. The van der Waals surface area contributed by atoms with Gasteiger partial charge in [0.2, 0.25) is 0 Å². The van der Waals surface area contributed by atoms with E-state index in [4.69, 9.17) is 40.0 Å². The highest BCUT2D eigenvalue weighted by Gasteiger charge is 2.64. The first kappa shape index (κ1) is 38.2. The summed E-state index contributed by atoms with van der Waals surface area (Å²) in [6.45, 7) is 9.87. The number of aliphatic hydroxyl groups is 1. The highest BCUT2D eigenvalue weighted by molar-refractivity contribution is 6.34. The fourth-order valence-electron chi connectivity index (χ4n) is 6.40. The Morgan fingerprint density at radius 2 is 1.88 bits per heavy atom. The number of fused-ring (bicyclic) bond motifs is 5. The van der Waals surface area contributed by atoms with Crippen LogP contribution in [0.25, 0.3) is 0 Å². The number of hydrogen-bond acceptors (Lipinski definition) is 12. The van der Waals surface area contributed by atoms with Crippen molar-refractivity contribution < 1.29 is 52.7 Å². The highest BCUT2D eigenvalue weighted by Crippen LogP contribution is 2.49. The average Bonchev–Trinajstić information content (AvgIpc) is 3.72. The summed E-state index contributed by atoms with van der Waals surface area (Å²) < 4.78 is 34.6. The van der Waals surface area contributed by atoms with Crippen LogP contribution in [0, 0.1) is 11.8 Å².